The zero-order valence-electron chi connectivity index (χ0n) is 10.7. The fourth-order valence-electron chi connectivity index (χ4n) is 1.61. The normalized spacial score (nSPS) is 10.3. The topological polar surface area (TPSA) is 80.9 Å². The number of nitrogen functional groups attached to an aromatic ring is 1. The molecule has 104 valence electrons. The van der Waals surface area contributed by atoms with Gasteiger partial charge in [-0.25, -0.2) is 14.4 Å². The first-order valence-electron chi connectivity index (χ1n) is 5.78. The van der Waals surface area contributed by atoms with Crippen LogP contribution in [0.4, 0.5) is 10.1 Å². The molecular weight excluding hydrogens is 327 g/mol. The summed E-state index contributed by atoms with van der Waals surface area (Å²) < 4.78 is 13.6. The highest BCUT2D eigenvalue weighted by atomic mass is 79.9. The molecule has 0 spiro atoms. The number of carbonyl (C=O) groups excluding carboxylic acids is 1. The predicted molar refractivity (Wildman–Crippen MR) is 76.5 cm³/mol. The summed E-state index contributed by atoms with van der Waals surface area (Å²) in [4.78, 5) is 20.2. The number of hydrogen-bond donors (Lipinski definition) is 2. The summed E-state index contributed by atoms with van der Waals surface area (Å²) in [7, 11) is 0. The number of nitrogens with zero attached hydrogens (tertiary/aromatic N) is 2. The molecule has 0 saturated carbocycles. The molecule has 0 fully saturated rings. The molecule has 0 bridgehead atoms. The first-order chi connectivity index (χ1) is 9.47. The number of halogens is 2. The minimum Gasteiger partial charge on any atom is -0.396 e. The number of nitrogens with one attached hydrogen (secondary N) is 1. The monoisotopic (exact) mass is 338 g/mol. The number of benzene rings is 1. The highest BCUT2D eigenvalue weighted by molar-refractivity contribution is 9.10. The summed E-state index contributed by atoms with van der Waals surface area (Å²) in [5.41, 5.74) is 6.35. The minimum atomic E-state index is -0.570. The Hall–Kier alpha value is -2.02. The van der Waals surface area contributed by atoms with Crippen molar-refractivity contribution in [1.82, 2.24) is 15.3 Å². The molecule has 20 heavy (non-hydrogen) atoms. The Kier molecular flexibility index (Phi) is 4.29. The molecule has 0 unspecified atom stereocenters. The van der Waals surface area contributed by atoms with Gasteiger partial charge in [0.15, 0.2) is 0 Å². The summed E-state index contributed by atoms with van der Waals surface area (Å²) >= 11 is 3.14. The van der Waals surface area contributed by atoms with Crippen molar-refractivity contribution in [2.24, 2.45) is 0 Å². The van der Waals surface area contributed by atoms with Crippen molar-refractivity contribution in [2.75, 3.05) is 5.73 Å². The lowest BCUT2D eigenvalue weighted by Crippen LogP contribution is -2.24. The highest BCUT2D eigenvalue weighted by Gasteiger charge is 2.13. The van der Waals surface area contributed by atoms with E-state index in [1.54, 1.807) is 19.2 Å². The van der Waals surface area contributed by atoms with Gasteiger partial charge in [0, 0.05) is 10.7 Å². The zero-order valence-corrected chi connectivity index (χ0v) is 12.2. The third-order valence-electron chi connectivity index (χ3n) is 2.59. The summed E-state index contributed by atoms with van der Waals surface area (Å²) in [6.07, 6.45) is 1.62. The average Bonchev–Trinajstić information content (AvgIpc) is 2.40. The van der Waals surface area contributed by atoms with Crippen LogP contribution in [0.25, 0.3) is 0 Å². The van der Waals surface area contributed by atoms with Gasteiger partial charge in [-0.3, -0.25) is 4.79 Å². The van der Waals surface area contributed by atoms with E-state index >= 15 is 0 Å². The molecule has 3 N–H and O–H groups in total. The van der Waals surface area contributed by atoms with E-state index in [4.69, 9.17) is 5.73 Å². The molecule has 2 aromatic rings. The van der Waals surface area contributed by atoms with Gasteiger partial charge in [0.05, 0.1) is 23.5 Å². The molecule has 2 rings (SSSR count). The maximum absolute atomic E-state index is 13.2. The minimum absolute atomic E-state index is 0.0729. The van der Waals surface area contributed by atoms with Crippen molar-refractivity contribution in [2.45, 2.75) is 13.5 Å². The van der Waals surface area contributed by atoms with Crippen molar-refractivity contribution < 1.29 is 9.18 Å². The van der Waals surface area contributed by atoms with Gasteiger partial charge < -0.3 is 11.1 Å². The maximum atomic E-state index is 13.2. The van der Waals surface area contributed by atoms with Crippen LogP contribution in [0.1, 0.15) is 21.9 Å². The van der Waals surface area contributed by atoms with Crippen LogP contribution in [-0.4, -0.2) is 15.9 Å². The molecule has 5 nitrogen and oxygen atoms in total. The largest absolute Gasteiger partial charge is 0.396 e. The lowest BCUT2D eigenvalue weighted by Gasteiger charge is -2.08. The van der Waals surface area contributed by atoms with Crippen LogP contribution in [0.15, 0.2) is 28.9 Å². The molecule has 0 radical (unpaired) electrons. The smallest absolute Gasteiger partial charge is 0.252 e. The van der Waals surface area contributed by atoms with Crippen LogP contribution < -0.4 is 11.1 Å². The lowest BCUT2D eigenvalue weighted by molar-refractivity contribution is 0.0949. The second-order valence-corrected chi connectivity index (χ2v) is 4.99. The molecule has 0 saturated heterocycles. The Labute approximate surface area is 123 Å². The van der Waals surface area contributed by atoms with Crippen molar-refractivity contribution in [3.63, 3.8) is 0 Å². The first-order valence-corrected chi connectivity index (χ1v) is 6.58. The number of carbonyl (C=O) groups is 1. The molecular formula is C13H12BrFN4O. The van der Waals surface area contributed by atoms with Gasteiger partial charge in [0.25, 0.3) is 5.91 Å². The van der Waals surface area contributed by atoms with E-state index in [9.17, 15) is 9.18 Å². The fraction of sp³-hybridized carbons (Fsp3) is 0.154. The third-order valence-corrected chi connectivity index (χ3v) is 3.25. The van der Waals surface area contributed by atoms with E-state index in [1.807, 2.05) is 0 Å². The molecule has 0 atom stereocenters. The van der Waals surface area contributed by atoms with Gasteiger partial charge >= 0.3 is 0 Å². The lowest BCUT2D eigenvalue weighted by atomic mass is 10.2. The van der Waals surface area contributed by atoms with Crippen LogP contribution in [-0.2, 0) is 6.54 Å². The van der Waals surface area contributed by atoms with Gasteiger partial charge in [0.1, 0.15) is 11.6 Å². The van der Waals surface area contributed by atoms with Crippen LogP contribution in [0.3, 0.4) is 0 Å². The van der Waals surface area contributed by atoms with E-state index in [0.29, 0.717) is 16.0 Å². The van der Waals surface area contributed by atoms with Crippen LogP contribution >= 0.6 is 15.9 Å². The standard InChI is InChI=1S/C13H12BrFN4O/c1-7-17-3-2-8(19-7)6-18-13(20)9-4-12(16)11(15)5-10(9)14/h2-5H,6,16H2,1H3,(H,18,20). The van der Waals surface area contributed by atoms with E-state index < -0.39 is 5.82 Å². The van der Waals surface area contributed by atoms with E-state index in [-0.39, 0.29) is 23.7 Å². The van der Waals surface area contributed by atoms with Gasteiger partial charge in [0.2, 0.25) is 0 Å². The van der Waals surface area contributed by atoms with Gasteiger partial charge in [-0.1, -0.05) is 0 Å². The molecule has 1 heterocycles. The molecule has 0 aliphatic carbocycles. The van der Waals surface area contributed by atoms with Crippen LogP contribution in [0.2, 0.25) is 0 Å². The number of nitrogens with two attached hydrogens (primary N) is 1. The number of anilines is 1. The number of hydrogen-bond acceptors (Lipinski definition) is 4. The van der Waals surface area contributed by atoms with Gasteiger partial charge in [-0.15, -0.1) is 0 Å². The van der Waals surface area contributed by atoms with E-state index in [0.717, 1.165) is 0 Å². The number of rotatable bonds is 3. The molecule has 1 aromatic heterocycles. The van der Waals surface area contributed by atoms with Gasteiger partial charge in [-0.05, 0) is 41.1 Å². The first kappa shape index (κ1) is 14.4. The second-order valence-electron chi connectivity index (χ2n) is 4.13. The van der Waals surface area contributed by atoms with Crippen molar-refractivity contribution in [3.05, 3.63) is 51.8 Å². The number of aryl methyl sites for hydroxylation is 1. The van der Waals surface area contributed by atoms with Crippen molar-refractivity contribution in [3.8, 4) is 0 Å². The Morgan fingerprint density at radius 2 is 2.25 bits per heavy atom. The molecule has 1 aromatic carbocycles. The number of aromatic nitrogens is 2. The quantitative estimate of drug-likeness (QED) is 0.840. The Bertz CT molecular complexity index is 663. The average molecular weight is 339 g/mol. The summed E-state index contributed by atoms with van der Waals surface area (Å²) in [6.45, 7) is 2.02. The highest BCUT2D eigenvalue weighted by Crippen LogP contribution is 2.22. The second kappa shape index (κ2) is 5.96. The summed E-state index contributed by atoms with van der Waals surface area (Å²) in [5, 5.41) is 2.69. The molecule has 7 heteroatoms. The van der Waals surface area contributed by atoms with Gasteiger partial charge in [-0.2, -0.15) is 0 Å². The molecule has 0 aliphatic heterocycles. The Balaban J connectivity index is 2.11. The van der Waals surface area contributed by atoms with Crippen LogP contribution in [0.5, 0.6) is 0 Å². The maximum Gasteiger partial charge on any atom is 0.252 e. The van der Waals surface area contributed by atoms with E-state index in [1.165, 1.54) is 12.1 Å². The molecule has 0 aliphatic rings. The predicted octanol–water partition coefficient (Wildman–Crippen LogP) is 2.20. The van der Waals surface area contributed by atoms with E-state index in [2.05, 4.69) is 31.2 Å². The summed E-state index contributed by atoms with van der Waals surface area (Å²) in [6, 6.07) is 4.17. The SMILES string of the molecule is Cc1nccc(CNC(=O)c2cc(N)c(F)cc2Br)n1. The van der Waals surface area contributed by atoms with Crippen LogP contribution in [0, 0.1) is 12.7 Å². The van der Waals surface area contributed by atoms with Crippen molar-refractivity contribution >= 4 is 27.5 Å². The Morgan fingerprint density at radius 1 is 1.50 bits per heavy atom. The molecule has 1 amide bonds. The number of amides is 1. The zero-order chi connectivity index (χ0) is 14.7. The fourth-order valence-corrected chi connectivity index (χ4v) is 2.10. The third kappa shape index (κ3) is 3.30. The van der Waals surface area contributed by atoms with Crippen molar-refractivity contribution in [1.29, 1.82) is 0 Å². The Morgan fingerprint density at radius 3 is 2.95 bits per heavy atom. The summed E-state index contributed by atoms with van der Waals surface area (Å²) in [5.74, 6) is -0.302.